The van der Waals surface area contributed by atoms with Crippen LogP contribution in [0.15, 0.2) is 82.5 Å². The van der Waals surface area contributed by atoms with E-state index < -0.39 is 7.36 Å². The lowest BCUT2D eigenvalue weighted by molar-refractivity contribution is 0.480. The summed E-state index contributed by atoms with van der Waals surface area (Å²) in [5, 5.41) is 6.73. The van der Waals surface area contributed by atoms with Gasteiger partial charge in [-0.2, -0.15) is 5.10 Å². The van der Waals surface area contributed by atoms with Crippen LogP contribution in [-0.2, 0) is 0 Å². The van der Waals surface area contributed by atoms with Crippen molar-refractivity contribution in [2.75, 3.05) is 20.1 Å². The second kappa shape index (κ2) is 10.7. The summed E-state index contributed by atoms with van der Waals surface area (Å²) in [7, 11) is -0.969. The largest absolute Gasteiger partial charge is 0.310 e. The fourth-order valence-corrected chi connectivity index (χ4v) is 9.41. The molecule has 0 aliphatic carbocycles. The minimum Gasteiger partial charge on any atom is -0.310 e. The van der Waals surface area contributed by atoms with Crippen molar-refractivity contribution in [3.8, 4) is 5.69 Å². The molecule has 2 heterocycles. The Morgan fingerprint density at radius 3 is 2.18 bits per heavy atom. The van der Waals surface area contributed by atoms with E-state index in [4.69, 9.17) is 38.0 Å². The number of hydrogen-bond acceptors (Lipinski definition) is 3. The van der Waals surface area contributed by atoms with E-state index >= 15 is 4.39 Å². The van der Waals surface area contributed by atoms with E-state index in [0.717, 1.165) is 16.7 Å². The third-order valence-corrected chi connectivity index (χ3v) is 11.3. The SMILES string of the molecule is CCN(CC)P1(=Nc2c(Cl)cccc2Cl)c2c(C)nn(-c3ccccc3)c2N=C(c2ccccc2F)N1C. The number of aryl methyl sites for hydroxylation is 1. The van der Waals surface area contributed by atoms with Crippen LogP contribution in [0, 0.1) is 12.7 Å². The molecule has 0 radical (unpaired) electrons. The van der Waals surface area contributed by atoms with E-state index in [1.54, 1.807) is 30.3 Å². The topological polar surface area (TPSA) is 49.0 Å². The van der Waals surface area contributed by atoms with Gasteiger partial charge in [0, 0.05) is 20.1 Å². The molecule has 0 spiro atoms. The zero-order valence-corrected chi connectivity index (χ0v) is 24.0. The van der Waals surface area contributed by atoms with Crippen LogP contribution in [0.5, 0.6) is 0 Å². The van der Waals surface area contributed by atoms with E-state index in [0.29, 0.717) is 46.0 Å². The first-order valence-corrected chi connectivity index (χ1v) is 14.8. The summed E-state index contributed by atoms with van der Waals surface area (Å²) in [6.07, 6.45) is 0. The first-order valence-electron chi connectivity index (χ1n) is 12.4. The molecule has 0 fully saturated rings. The Balaban J connectivity index is 1.97. The predicted octanol–water partition coefficient (Wildman–Crippen LogP) is 7.98. The van der Waals surface area contributed by atoms with Crippen molar-refractivity contribution < 1.29 is 4.39 Å². The molecule has 0 saturated carbocycles. The van der Waals surface area contributed by atoms with Gasteiger partial charge in [0.2, 0.25) is 0 Å². The highest BCUT2D eigenvalue weighted by Crippen LogP contribution is 2.62. The van der Waals surface area contributed by atoms with Crippen LogP contribution in [0.25, 0.3) is 5.69 Å². The summed E-state index contributed by atoms with van der Waals surface area (Å²) in [6.45, 7) is 7.51. The summed E-state index contributed by atoms with van der Waals surface area (Å²) in [5.74, 6) is 0.731. The highest BCUT2D eigenvalue weighted by Gasteiger charge is 2.45. The maximum absolute atomic E-state index is 15.3. The zero-order chi connectivity index (χ0) is 27.0. The number of para-hydroxylation sites is 1. The van der Waals surface area contributed by atoms with Crippen molar-refractivity contribution in [2.45, 2.75) is 20.8 Å². The van der Waals surface area contributed by atoms with E-state index in [-0.39, 0.29) is 5.82 Å². The Hall–Kier alpha value is -2.96. The first-order chi connectivity index (χ1) is 18.3. The van der Waals surface area contributed by atoms with Gasteiger partial charge in [0.1, 0.15) is 17.3 Å². The molecule has 1 unspecified atom stereocenters. The van der Waals surface area contributed by atoms with Gasteiger partial charge in [-0.25, -0.2) is 18.8 Å². The van der Waals surface area contributed by atoms with Gasteiger partial charge in [0.15, 0.2) is 13.2 Å². The van der Waals surface area contributed by atoms with Gasteiger partial charge in [0.05, 0.1) is 32.3 Å². The number of fused-ring (bicyclic) bond motifs is 1. The van der Waals surface area contributed by atoms with Gasteiger partial charge in [-0.3, -0.25) is 4.67 Å². The van der Waals surface area contributed by atoms with Gasteiger partial charge in [0.25, 0.3) is 0 Å². The van der Waals surface area contributed by atoms with Gasteiger partial charge in [-0.1, -0.05) is 73.4 Å². The molecule has 10 heteroatoms. The van der Waals surface area contributed by atoms with Gasteiger partial charge in [-0.15, -0.1) is 0 Å². The fraction of sp³-hybridized carbons (Fsp3) is 0.214. The summed E-state index contributed by atoms with van der Waals surface area (Å²) < 4.78 is 26.9. The Labute approximate surface area is 232 Å². The molecule has 5 rings (SSSR count). The molecule has 3 aromatic carbocycles. The summed E-state index contributed by atoms with van der Waals surface area (Å²) >= 11 is 13.4. The number of hydrogen-bond donors (Lipinski definition) is 0. The fourth-order valence-electron chi connectivity index (χ4n) is 4.89. The van der Waals surface area contributed by atoms with Crippen LogP contribution in [0.1, 0.15) is 25.1 Å². The van der Waals surface area contributed by atoms with E-state index in [9.17, 15) is 0 Å². The molecule has 1 atom stereocenters. The van der Waals surface area contributed by atoms with Crippen molar-refractivity contribution in [3.05, 3.63) is 99.9 Å². The highest BCUT2D eigenvalue weighted by atomic mass is 35.5. The maximum Gasteiger partial charge on any atom is 0.170 e. The number of amidine groups is 1. The third-order valence-electron chi connectivity index (χ3n) is 6.66. The van der Waals surface area contributed by atoms with Gasteiger partial charge >= 0.3 is 0 Å². The molecule has 0 saturated heterocycles. The standard InChI is InChI=1S/C28H28Cl2FN6P/c1-5-36(6-2)38(34-25-22(29)16-12-17-23(25)30)26-19(3)33-37(20-13-8-7-9-14-20)28(26)32-27(35(38)4)21-15-10-11-18-24(21)31/h7-18H,5-6H2,1-4H3. The van der Waals surface area contributed by atoms with Crippen LogP contribution >= 0.6 is 30.6 Å². The molecule has 1 aliphatic rings. The molecule has 38 heavy (non-hydrogen) atoms. The summed E-state index contributed by atoms with van der Waals surface area (Å²) in [5.41, 5.74) is 2.53. The minimum absolute atomic E-state index is 0.363. The molecular weight excluding hydrogens is 541 g/mol. The Kier molecular flexibility index (Phi) is 7.47. The Morgan fingerprint density at radius 1 is 0.921 bits per heavy atom. The third kappa shape index (κ3) is 4.28. The molecule has 6 nitrogen and oxygen atoms in total. The lowest BCUT2D eigenvalue weighted by atomic mass is 10.2. The molecule has 0 amide bonds. The van der Waals surface area contributed by atoms with Crippen LogP contribution in [0.2, 0.25) is 10.0 Å². The molecular formula is C28H28Cl2FN6P. The van der Waals surface area contributed by atoms with Crippen molar-refractivity contribution in [2.24, 2.45) is 9.74 Å². The van der Waals surface area contributed by atoms with Crippen molar-refractivity contribution in [1.82, 2.24) is 19.1 Å². The van der Waals surface area contributed by atoms with Crippen LogP contribution in [-0.4, -0.2) is 45.1 Å². The smallest absolute Gasteiger partial charge is 0.170 e. The Morgan fingerprint density at radius 2 is 1.55 bits per heavy atom. The van der Waals surface area contributed by atoms with Crippen molar-refractivity contribution in [3.63, 3.8) is 0 Å². The van der Waals surface area contributed by atoms with Crippen molar-refractivity contribution in [1.29, 1.82) is 0 Å². The monoisotopic (exact) mass is 568 g/mol. The average Bonchev–Trinajstić information content (AvgIpc) is 3.26. The summed E-state index contributed by atoms with van der Waals surface area (Å²) in [6, 6.07) is 21.8. The van der Waals surface area contributed by atoms with Gasteiger partial charge in [-0.05, 0) is 43.3 Å². The number of halogens is 3. The number of aliphatic imine (C=N–C) groups is 1. The Bertz CT molecular complexity index is 1560. The highest BCUT2D eigenvalue weighted by molar-refractivity contribution is 7.70. The van der Waals surface area contributed by atoms with E-state index in [1.807, 2.05) is 59.7 Å². The van der Waals surface area contributed by atoms with Crippen LogP contribution in [0.3, 0.4) is 0 Å². The van der Waals surface area contributed by atoms with E-state index in [2.05, 4.69) is 18.5 Å². The second-order valence-electron chi connectivity index (χ2n) is 8.82. The number of rotatable bonds is 6. The maximum atomic E-state index is 15.3. The van der Waals surface area contributed by atoms with Crippen LogP contribution < -0.4 is 5.30 Å². The zero-order valence-electron chi connectivity index (χ0n) is 21.6. The predicted molar refractivity (Wildman–Crippen MR) is 157 cm³/mol. The molecule has 1 aliphatic heterocycles. The summed E-state index contributed by atoms with van der Waals surface area (Å²) in [4.78, 5) is 5.07. The van der Waals surface area contributed by atoms with Crippen LogP contribution in [0.4, 0.5) is 15.9 Å². The molecule has 0 N–H and O–H groups in total. The normalized spacial score (nSPS) is 16.9. The number of nitrogens with zero attached hydrogens (tertiary/aromatic N) is 6. The minimum atomic E-state index is -2.89. The molecule has 196 valence electrons. The quantitative estimate of drug-likeness (QED) is 0.221. The van der Waals surface area contributed by atoms with Crippen molar-refractivity contribution >= 4 is 53.2 Å². The molecule has 0 bridgehead atoms. The van der Waals surface area contributed by atoms with Gasteiger partial charge < -0.3 is 4.67 Å². The molecule has 4 aromatic rings. The number of aromatic nitrogens is 2. The lowest BCUT2D eigenvalue weighted by Gasteiger charge is -2.45. The first kappa shape index (κ1) is 26.6. The lowest BCUT2D eigenvalue weighted by Crippen LogP contribution is -2.42. The average molecular weight is 569 g/mol. The number of benzene rings is 3. The second-order valence-corrected chi connectivity index (χ2v) is 12.6. The van der Waals surface area contributed by atoms with E-state index in [1.165, 1.54) is 6.07 Å². The molecule has 1 aromatic heterocycles.